The van der Waals surface area contributed by atoms with Crippen LogP contribution in [0.1, 0.15) is 5.56 Å². The van der Waals surface area contributed by atoms with Crippen molar-refractivity contribution in [3.05, 3.63) is 52.8 Å². The number of halogens is 2. The largest absolute Gasteiger partial charge is 0.494 e. The fourth-order valence-electron chi connectivity index (χ4n) is 1.91. The van der Waals surface area contributed by atoms with E-state index in [2.05, 4.69) is 5.32 Å². The van der Waals surface area contributed by atoms with Crippen LogP contribution in [0.2, 0.25) is 5.02 Å². The average Bonchev–Trinajstić information content (AvgIpc) is 2.41. The molecule has 0 unspecified atom stereocenters. The lowest BCUT2D eigenvalue weighted by atomic mass is 10.0. The highest BCUT2D eigenvalue weighted by Gasteiger charge is 2.07. The number of methoxy groups -OCH3 is 1. The first-order valence-electron chi connectivity index (χ1n) is 5.92. The Balaban J connectivity index is 2.36. The number of rotatable bonds is 4. The molecule has 0 bridgehead atoms. The molecular formula is C15H15ClFNO. The van der Waals surface area contributed by atoms with Crippen molar-refractivity contribution in [2.24, 2.45) is 0 Å². The first-order valence-corrected chi connectivity index (χ1v) is 6.30. The molecule has 1 N–H and O–H groups in total. The Kier molecular flexibility index (Phi) is 4.40. The van der Waals surface area contributed by atoms with Gasteiger partial charge in [0, 0.05) is 11.6 Å². The van der Waals surface area contributed by atoms with Crippen LogP contribution >= 0.6 is 11.6 Å². The van der Waals surface area contributed by atoms with Crippen LogP contribution in [0.25, 0.3) is 11.1 Å². The summed E-state index contributed by atoms with van der Waals surface area (Å²) in [7, 11) is 3.31. The summed E-state index contributed by atoms with van der Waals surface area (Å²) in [6.07, 6.45) is 0. The molecule has 0 saturated carbocycles. The van der Waals surface area contributed by atoms with Gasteiger partial charge in [0.05, 0.1) is 7.11 Å². The molecule has 0 saturated heterocycles. The topological polar surface area (TPSA) is 21.3 Å². The van der Waals surface area contributed by atoms with E-state index in [1.165, 1.54) is 13.2 Å². The quantitative estimate of drug-likeness (QED) is 0.917. The first kappa shape index (κ1) is 13.8. The van der Waals surface area contributed by atoms with Gasteiger partial charge >= 0.3 is 0 Å². The fraction of sp³-hybridized carbons (Fsp3) is 0.200. The van der Waals surface area contributed by atoms with Gasteiger partial charge in [0.2, 0.25) is 0 Å². The third kappa shape index (κ3) is 3.06. The van der Waals surface area contributed by atoms with Crippen LogP contribution in [-0.4, -0.2) is 14.2 Å². The molecule has 0 aliphatic heterocycles. The Morgan fingerprint density at radius 3 is 2.42 bits per heavy atom. The SMILES string of the molecule is CNCc1ccc(-c2ccc(OC)c(F)c2)cc1Cl. The van der Waals surface area contributed by atoms with Crippen molar-refractivity contribution in [2.45, 2.75) is 6.54 Å². The minimum Gasteiger partial charge on any atom is -0.494 e. The van der Waals surface area contributed by atoms with E-state index in [1.54, 1.807) is 6.07 Å². The van der Waals surface area contributed by atoms with Gasteiger partial charge in [0.15, 0.2) is 11.6 Å². The molecule has 2 nitrogen and oxygen atoms in total. The summed E-state index contributed by atoms with van der Waals surface area (Å²) in [6.45, 7) is 0.704. The van der Waals surface area contributed by atoms with Gasteiger partial charge in [-0.25, -0.2) is 4.39 Å². The molecule has 0 amide bonds. The fourth-order valence-corrected chi connectivity index (χ4v) is 2.15. The Morgan fingerprint density at radius 2 is 1.84 bits per heavy atom. The number of hydrogen-bond acceptors (Lipinski definition) is 2. The molecule has 0 aliphatic rings. The molecule has 4 heteroatoms. The van der Waals surface area contributed by atoms with Crippen LogP contribution in [-0.2, 0) is 6.54 Å². The molecule has 19 heavy (non-hydrogen) atoms. The second-order valence-corrected chi connectivity index (χ2v) is 4.59. The second-order valence-electron chi connectivity index (χ2n) is 4.19. The summed E-state index contributed by atoms with van der Waals surface area (Å²) < 4.78 is 18.6. The van der Waals surface area contributed by atoms with Crippen molar-refractivity contribution < 1.29 is 9.13 Å². The lowest BCUT2D eigenvalue weighted by Gasteiger charge is -2.08. The monoisotopic (exact) mass is 279 g/mol. The zero-order valence-corrected chi connectivity index (χ0v) is 11.6. The molecule has 0 aliphatic carbocycles. The van der Waals surface area contributed by atoms with E-state index in [9.17, 15) is 4.39 Å². The standard InChI is InChI=1S/C15H15ClFNO/c1-18-9-12-4-3-10(7-13(12)16)11-5-6-15(19-2)14(17)8-11/h3-8,18H,9H2,1-2H3. The zero-order chi connectivity index (χ0) is 13.8. The lowest BCUT2D eigenvalue weighted by Crippen LogP contribution is -2.05. The van der Waals surface area contributed by atoms with E-state index in [1.807, 2.05) is 31.3 Å². The van der Waals surface area contributed by atoms with E-state index in [4.69, 9.17) is 16.3 Å². The van der Waals surface area contributed by atoms with Crippen molar-refractivity contribution >= 4 is 11.6 Å². The van der Waals surface area contributed by atoms with Gasteiger partial charge in [-0.3, -0.25) is 0 Å². The predicted octanol–water partition coefficient (Wildman–Crippen LogP) is 3.87. The molecule has 100 valence electrons. The molecule has 2 rings (SSSR count). The third-order valence-corrected chi connectivity index (χ3v) is 3.26. The molecule has 0 atom stereocenters. The van der Waals surface area contributed by atoms with Gasteiger partial charge in [-0.15, -0.1) is 0 Å². The number of benzene rings is 2. The molecule has 2 aromatic carbocycles. The van der Waals surface area contributed by atoms with Gasteiger partial charge < -0.3 is 10.1 Å². The molecule has 2 aromatic rings. The van der Waals surface area contributed by atoms with Crippen LogP contribution in [0.5, 0.6) is 5.75 Å². The van der Waals surface area contributed by atoms with Gasteiger partial charge in [-0.2, -0.15) is 0 Å². The highest BCUT2D eigenvalue weighted by Crippen LogP contribution is 2.28. The molecule has 0 spiro atoms. The predicted molar refractivity (Wildman–Crippen MR) is 76.2 cm³/mol. The summed E-state index contributed by atoms with van der Waals surface area (Å²) in [4.78, 5) is 0. The van der Waals surface area contributed by atoms with Crippen LogP contribution in [0, 0.1) is 5.82 Å². The minimum atomic E-state index is -0.379. The van der Waals surface area contributed by atoms with Crippen LogP contribution in [0.4, 0.5) is 4.39 Å². The van der Waals surface area contributed by atoms with Crippen molar-refractivity contribution in [3.63, 3.8) is 0 Å². The van der Waals surface area contributed by atoms with Gasteiger partial charge in [0.25, 0.3) is 0 Å². The number of nitrogens with one attached hydrogen (secondary N) is 1. The van der Waals surface area contributed by atoms with E-state index in [-0.39, 0.29) is 11.6 Å². The minimum absolute atomic E-state index is 0.238. The highest BCUT2D eigenvalue weighted by molar-refractivity contribution is 6.31. The maximum Gasteiger partial charge on any atom is 0.165 e. The van der Waals surface area contributed by atoms with E-state index < -0.39 is 0 Å². The van der Waals surface area contributed by atoms with Crippen LogP contribution < -0.4 is 10.1 Å². The Bertz CT molecular complexity index is 586. The number of hydrogen-bond donors (Lipinski definition) is 1. The Morgan fingerprint density at radius 1 is 1.16 bits per heavy atom. The molecule has 0 aromatic heterocycles. The summed E-state index contributed by atoms with van der Waals surface area (Å²) in [5, 5.41) is 3.72. The maximum absolute atomic E-state index is 13.7. The normalized spacial score (nSPS) is 10.5. The summed E-state index contributed by atoms with van der Waals surface area (Å²) in [5.74, 6) is -0.142. The van der Waals surface area contributed by atoms with E-state index in [0.717, 1.165) is 16.7 Å². The molecular weight excluding hydrogens is 265 g/mol. The Labute approximate surface area is 117 Å². The summed E-state index contributed by atoms with van der Waals surface area (Å²) in [6, 6.07) is 10.6. The van der Waals surface area contributed by atoms with Crippen molar-refractivity contribution in [3.8, 4) is 16.9 Å². The van der Waals surface area contributed by atoms with Crippen molar-refractivity contribution in [1.82, 2.24) is 5.32 Å². The van der Waals surface area contributed by atoms with Crippen molar-refractivity contribution in [2.75, 3.05) is 14.2 Å². The highest BCUT2D eigenvalue weighted by atomic mass is 35.5. The smallest absolute Gasteiger partial charge is 0.165 e. The average molecular weight is 280 g/mol. The van der Waals surface area contributed by atoms with Crippen LogP contribution in [0.15, 0.2) is 36.4 Å². The first-order chi connectivity index (χ1) is 9.15. The maximum atomic E-state index is 13.7. The molecule has 0 fully saturated rings. The number of ether oxygens (including phenoxy) is 1. The van der Waals surface area contributed by atoms with Gasteiger partial charge in [0.1, 0.15) is 0 Å². The lowest BCUT2D eigenvalue weighted by molar-refractivity contribution is 0.386. The zero-order valence-electron chi connectivity index (χ0n) is 10.8. The van der Waals surface area contributed by atoms with Crippen LogP contribution in [0.3, 0.4) is 0 Å². The van der Waals surface area contributed by atoms with Gasteiger partial charge in [-0.05, 0) is 41.9 Å². The van der Waals surface area contributed by atoms with E-state index >= 15 is 0 Å². The molecule has 0 heterocycles. The van der Waals surface area contributed by atoms with Crippen molar-refractivity contribution in [1.29, 1.82) is 0 Å². The summed E-state index contributed by atoms with van der Waals surface area (Å²) >= 11 is 6.20. The summed E-state index contributed by atoms with van der Waals surface area (Å²) in [5.41, 5.74) is 2.67. The van der Waals surface area contributed by atoms with E-state index in [0.29, 0.717) is 11.6 Å². The second kappa shape index (κ2) is 6.04. The third-order valence-electron chi connectivity index (χ3n) is 2.91. The molecule has 0 radical (unpaired) electrons. The Hall–Kier alpha value is -1.58. The van der Waals surface area contributed by atoms with Gasteiger partial charge in [-0.1, -0.05) is 29.8 Å².